The minimum absolute atomic E-state index is 0.151. The first-order valence-corrected chi connectivity index (χ1v) is 13.4. The standard InChI is InChI=1S/C29H31N7O4/c1-19-9-11-20(12-10-19)18-35-24-25(31(2)29(40)32(3)27(24)39)30-28(35)34-15-13-33(14-16-34)22-17-23(37)36(26(22)38)21-7-5-4-6-8-21/h4-12,22H,13-18H2,1-3H3. The van der Waals surface area contributed by atoms with Crippen molar-refractivity contribution >= 4 is 34.6 Å². The van der Waals surface area contributed by atoms with Gasteiger partial charge in [0.05, 0.1) is 24.7 Å². The summed E-state index contributed by atoms with van der Waals surface area (Å²) in [4.78, 5) is 62.2. The number of carbonyl (C=O) groups is 2. The summed E-state index contributed by atoms with van der Waals surface area (Å²) >= 11 is 0. The molecule has 2 amide bonds. The van der Waals surface area contributed by atoms with E-state index in [1.807, 2.05) is 54.0 Å². The molecule has 2 aromatic carbocycles. The topological polar surface area (TPSA) is 106 Å². The van der Waals surface area contributed by atoms with Gasteiger partial charge in [0.2, 0.25) is 11.9 Å². The first kappa shape index (κ1) is 25.8. The van der Waals surface area contributed by atoms with Crippen LogP contribution in [0.15, 0.2) is 64.2 Å². The van der Waals surface area contributed by atoms with Crippen LogP contribution in [0.4, 0.5) is 11.6 Å². The van der Waals surface area contributed by atoms with Crippen molar-refractivity contribution in [3.63, 3.8) is 0 Å². The van der Waals surface area contributed by atoms with E-state index in [4.69, 9.17) is 4.98 Å². The highest BCUT2D eigenvalue weighted by atomic mass is 16.2. The van der Waals surface area contributed by atoms with E-state index < -0.39 is 17.3 Å². The maximum absolute atomic E-state index is 13.3. The maximum atomic E-state index is 13.3. The molecule has 1 unspecified atom stereocenters. The van der Waals surface area contributed by atoms with Crippen LogP contribution in [0.3, 0.4) is 0 Å². The predicted octanol–water partition coefficient (Wildman–Crippen LogP) is 1.24. The van der Waals surface area contributed by atoms with Gasteiger partial charge in [0.25, 0.3) is 11.5 Å². The Morgan fingerprint density at radius 2 is 1.52 bits per heavy atom. The lowest BCUT2D eigenvalue weighted by molar-refractivity contribution is -0.123. The highest BCUT2D eigenvalue weighted by Gasteiger charge is 2.43. The summed E-state index contributed by atoms with van der Waals surface area (Å²) in [6, 6.07) is 16.6. The van der Waals surface area contributed by atoms with E-state index >= 15 is 0 Å². The quantitative estimate of drug-likeness (QED) is 0.350. The SMILES string of the molecule is Cc1ccc(Cn2c(N3CCN(C4CC(=O)N(c5ccccc5)C4=O)CC3)nc3c2c(=O)n(C)c(=O)n3C)cc1. The van der Waals surface area contributed by atoms with Gasteiger partial charge in [-0.05, 0) is 24.6 Å². The molecule has 4 aromatic rings. The molecular formula is C29H31N7O4. The summed E-state index contributed by atoms with van der Waals surface area (Å²) in [6.07, 6.45) is 0.151. The number of nitrogens with zero attached hydrogens (tertiary/aromatic N) is 7. The number of hydrogen-bond acceptors (Lipinski definition) is 7. The van der Waals surface area contributed by atoms with Crippen molar-refractivity contribution in [1.29, 1.82) is 0 Å². The molecule has 0 saturated carbocycles. The van der Waals surface area contributed by atoms with Gasteiger partial charge in [0.1, 0.15) is 0 Å². The molecule has 0 radical (unpaired) electrons. The molecule has 4 heterocycles. The summed E-state index contributed by atoms with van der Waals surface area (Å²) in [7, 11) is 3.10. The molecule has 1 atom stereocenters. The van der Waals surface area contributed by atoms with Gasteiger partial charge in [-0.2, -0.15) is 4.98 Å². The van der Waals surface area contributed by atoms with E-state index in [-0.39, 0.29) is 18.2 Å². The highest BCUT2D eigenvalue weighted by molar-refractivity contribution is 6.22. The number of amides is 2. The second kappa shape index (κ2) is 9.91. The van der Waals surface area contributed by atoms with Crippen molar-refractivity contribution in [3.05, 3.63) is 86.6 Å². The normalized spacial score (nSPS) is 18.3. The molecule has 0 bridgehead atoms. The zero-order valence-electron chi connectivity index (χ0n) is 22.8. The Kier molecular flexibility index (Phi) is 6.38. The third-order valence-electron chi connectivity index (χ3n) is 7.96. The van der Waals surface area contributed by atoms with Crippen LogP contribution < -0.4 is 21.0 Å². The fourth-order valence-corrected chi connectivity index (χ4v) is 5.69. The van der Waals surface area contributed by atoms with Crippen molar-refractivity contribution in [3.8, 4) is 0 Å². The van der Waals surface area contributed by atoms with E-state index in [9.17, 15) is 19.2 Å². The van der Waals surface area contributed by atoms with Crippen LogP contribution >= 0.6 is 0 Å². The average molecular weight is 542 g/mol. The number of anilines is 2. The van der Waals surface area contributed by atoms with Crippen LogP contribution in [0.5, 0.6) is 0 Å². The fraction of sp³-hybridized carbons (Fsp3) is 0.345. The summed E-state index contributed by atoms with van der Waals surface area (Å²) in [5, 5.41) is 0. The Morgan fingerprint density at radius 3 is 2.20 bits per heavy atom. The van der Waals surface area contributed by atoms with Gasteiger partial charge in [0.15, 0.2) is 11.2 Å². The van der Waals surface area contributed by atoms with Gasteiger partial charge in [0, 0.05) is 40.3 Å². The van der Waals surface area contributed by atoms with Crippen molar-refractivity contribution in [2.45, 2.75) is 25.9 Å². The first-order valence-electron chi connectivity index (χ1n) is 13.4. The van der Waals surface area contributed by atoms with Gasteiger partial charge in [-0.15, -0.1) is 0 Å². The van der Waals surface area contributed by atoms with Crippen molar-refractivity contribution in [1.82, 2.24) is 23.6 Å². The van der Waals surface area contributed by atoms with Gasteiger partial charge >= 0.3 is 5.69 Å². The molecule has 206 valence electrons. The summed E-state index contributed by atoms with van der Waals surface area (Å²) in [5.41, 5.74) is 2.64. The number of piperazine rings is 1. The van der Waals surface area contributed by atoms with Crippen LogP contribution in [0.1, 0.15) is 17.5 Å². The molecule has 40 heavy (non-hydrogen) atoms. The number of aromatic nitrogens is 4. The van der Waals surface area contributed by atoms with Crippen LogP contribution in [0.2, 0.25) is 0 Å². The number of carbonyl (C=O) groups excluding carboxylic acids is 2. The predicted molar refractivity (Wildman–Crippen MR) is 152 cm³/mol. The lowest BCUT2D eigenvalue weighted by atomic mass is 10.1. The minimum Gasteiger partial charge on any atom is -0.340 e. The zero-order valence-corrected chi connectivity index (χ0v) is 22.8. The van der Waals surface area contributed by atoms with Gasteiger partial charge in [-0.1, -0.05) is 48.0 Å². The monoisotopic (exact) mass is 541 g/mol. The Morgan fingerprint density at radius 1 is 0.850 bits per heavy atom. The van der Waals surface area contributed by atoms with E-state index in [0.29, 0.717) is 55.5 Å². The molecule has 2 aliphatic heterocycles. The Hall–Kier alpha value is -4.51. The van der Waals surface area contributed by atoms with Crippen LogP contribution in [-0.2, 0) is 30.2 Å². The number of para-hydroxylation sites is 1. The van der Waals surface area contributed by atoms with Gasteiger partial charge in [-0.25, -0.2) is 9.69 Å². The molecule has 11 heteroatoms. The van der Waals surface area contributed by atoms with Gasteiger partial charge in [-0.3, -0.25) is 33.0 Å². The molecular weight excluding hydrogens is 510 g/mol. The molecule has 2 aliphatic rings. The average Bonchev–Trinajstić information content (AvgIpc) is 3.49. The maximum Gasteiger partial charge on any atom is 0.332 e. The number of rotatable bonds is 5. The molecule has 0 spiro atoms. The van der Waals surface area contributed by atoms with Crippen LogP contribution in [0, 0.1) is 6.92 Å². The van der Waals surface area contributed by atoms with E-state index in [0.717, 1.165) is 15.7 Å². The summed E-state index contributed by atoms with van der Waals surface area (Å²) in [5.74, 6) is 0.211. The van der Waals surface area contributed by atoms with E-state index in [1.54, 1.807) is 19.2 Å². The number of benzene rings is 2. The van der Waals surface area contributed by atoms with Crippen molar-refractivity contribution in [2.24, 2.45) is 14.1 Å². The second-order valence-electron chi connectivity index (χ2n) is 10.5. The van der Waals surface area contributed by atoms with Crippen LogP contribution in [-0.4, -0.2) is 67.6 Å². The zero-order chi connectivity index (χ0) is 28.1. The Balaban J connectivity index is 1.30. The van der Waals surface area contributed by atoms with E-state index in [2.05, 4.69) is 9.80 Å². The fourth-order valence-electron chi connectivity index (χ4n) is 5.69. The van der Waals surface area contributed by atoms with Crippen molar-refractivity contribution < 1.29 is 9.59 Å². The number of imidazole rings is 1. The number of fused-ring (bicyclic) bond motifs is 1. The third kappa shape index (κ3) is 4.22. The lowest BCUT2D eigenvalue weighted by Gasteiger charge is -2.37. The highest BCUT2D eigenvalue weighted by Crippen LogP contribution is 2.28. The molecule has 2 aromatic heterocycles. The first-order chi connectivity index (χ1) is 19.2. The largest absolute Gasteiger partial charge is 0.340 e. The summed E-state index contributed by atoms with van der Waals surface area (Å²) < 4.78 is 4.40. The van der Waals surface area contributed by atoms with E-state index in [1.165, 1.54) is 16.5 Å². The number of imide groups is 1. The van der Waals surface area contributed by atoms with Gasteiger partial charge < -0.3 is 4.90 Å². The number of aryl methyl sites for hydroxylation is 2. The third-order valence-corrected chi connectivity index (χ3v) is 7.96. The number of hydrogen-bond donors (Lipinski definition) is 0. The summed E-state index contributed by atoms with van der Waals surface area (Å²) in [6.45, 7) is 4.65. The molecule has 0 aliphatic carbocycles. The lowest BCUT2D eigenvalue weighted by Crippen LogP contribution is -2.53. The molecule has 6 rings (SSSR count). The van der Waals surface area contributed by atoms with Crippen LogP contribution in [0.25, 0.3) is 11.2 Å². The molecule has 2 saturated heterocycles. The molecule has 2 fully saturated rings. The second-order valence-corrected chi connectivity index (χ2v) is 10.5. The smallest absolute Gasteiger partial charge is 0.332 e. The molecule has 0 N–H and O–H groups in total. The molecule has 11 nitrogen and oxygen atoms in total. The Labute approximate surface area is 230 Å². The Bertz CT molecular complexity index is 1730. The minimum atomic E-state index is -0.505. The van der Waals surface area contributed by atoms with Crippen molar-refractivity contribution in [2.75, 3.05) is 36.0 Å².